The van der Waals surface area contributed by atoms with Crippen LogP contribution in [0.3, 0.4) is 0 Å². The van der Waals surface area contributed by atoms with Gasteiger partial charge in [0.1, 0.15) is 0 Å². The molecule has 0 bridgehead atoms. The summed E-state index contributed by atoms with van der Waals surface area (Å²) in [4.78, 5) is 2.59. The summed E-state index contributed by atoms with van der Waals surface area (Å²) in [5.41, 5.74) is 6.18. The minimum atomic E-state index is 0.104. The first-order valence-electron chi connectivity index (χ1n) is 7.08. The zero-order valence-electron chi connectivity index (χ0n) is 11.0. The Morgan fingerprint density at radius 3 is 3.00 bits per heavy atom. The third-order valence-electron chi connectivity index (χ3n) is 4.67. The molecule has 0 aromatic heterocycles. The van der Waals surface area contributed by atoms with E-state index in [1.807, 2.05) is 0 Å². The van der Waals surface area contributed by atoms with E-state index in [1.54, 1.807) is 0 Å². The van der Waals surface area contributed by atoms with Gasteiger partial charge >= 0.3 is 0 Å². The first kappa shape index (κ1) is 13.3. The molecule has 0 radical (unpaired) electrons. The summed E-state index contributed by atoms with van der Waals surface area (Å²) in [6.45, 7) is 5.59. The predicted molar refractivity (Wildman–Crippen MR) is 69.9 cm³/mol. The topological polar surface area (TPSA) is 61.5 Å². The summed E-state index contributed by atoms with van der Waals surface area (Å²) < 4.78 is 0. The maximum atomic E-state index is 9.10. The Labute approximate surface area is 105 Å². The minimum absolute atomic E-state index is 0.104. The quantitative estimate of drug-likeness (QED) is 0.626. The highest BCUT2D eigenvalue weighted by Gasteiger charge is 2.48. The van der Waals surface area contributed by atoms with Crippen molar-refractivity contribution in [3.05, 3.63) is 0 Å². The highest BCUT2D eigenvalue weighted by atomic mass is 16.3. The van der Waals surface area contributed by atoms with E-state index in [-0.39, 0.29) is 12.1 Å². The molecule has 2 saturated heterocycles. The van der Waals surface area contributed by atoms with Crippen LogP contribution in [0.25, 0.3) is 0 Å². The van der Waals surface area contributed by atoms with E-state index in [0.29, 0.717) is 12.1 Å². The van der Waals surface area contributed by atoms with Crippen molar-refractivity contribution < 1.29 is 5.11 Å². The van der Waals surface area contributed by atoms with E-state index in [4.69, 9.17) is 10.8 Å². The summed E-state index contributed by atoms with van der Waals surface area (Å²) in [6, 6.07) is 1.03. The van der Waals surface area contributed by atoms with Crippen molar-refractivity contribution in [2.75, 3.05) is 26.2 Å². The molecule has 17 heavy (non-hydrogen) atoms. The Kier molecular flexibility index (Phi) is 4.42. The van der Waals surface area contributed by atoms with E-state index in [9.17, 15) is 0 Å². The number of rotatable bonds is 6. The van der Waals surface area contributed by atoms with Gasteiger partial charge < -0.3 is 16.2 Å². The Morgan fingerprint density at radius 1 is 1.53 bits per heavy atom. The van der Waals surface area contributed by atoms with Gasteiger partial charge in [-0.2, -0.15) is 0 Å². The number of nitrogens with two attached hydrogens (primary N) is 1. The fraction of sp³-hybridized carbons (Fsp3) is 1.00. The SMILES string of the molecule is CCC(CCO)NC1(CN)CCN2CCCC21. The Hall–Kier alpha value is -0.160. The summed E-state index contributed by atoms with van der Waals surface area (Å²) in [5.74, 6) is 0. The molecule has 2 fully saturated rings. The molecule has 3 atom stereocenters. The van der Waals surface area contributed by atoms with E-state index in [0.717, 1.165) is 25.8 Å². The Morgan fingerprint density at radius 2 is 2.35 bits per heavy atom. The molecule has 4 nitrogen and oxygen atoms in total. The second-order valence-electron chi connectivity index (χ2n) is 5.57. The van der Waals surface area contributed by atoms with Crippen LogP contribution in [-0.4, -0.2) is 53.9 Å². The summed E-state index contributed by atoms with van der Waals surface area (Å²) in [5, 5.41) is 12.9. The molecule has 0 amide bonds. The molecule has 0 aliphatic carbocycles. The van der Waals surface area contributed by atoms with Crippen molar-refractivity contribution in [2.24, 2.45) is 5.73 Å². The van der Waals surface area contributed by atoms with Crippen molar-refractivity contribution >= 4 is 0 Å². The number of nitrogens with zero attached hydrogens (tertiary/aromatic N) is 1. The molecule has 4 heteroatoms. The molecule has 0 aromatic carbocycles. The molecule has 3 unspecified atom stereocenters. The molecule has 0 aromatic rings. The van der Waals surface area contributed by atoms with Crippen molar-refractivity contribution in [1.29, 1.82) is 0 Å². The third-order valence-corrected chi connectivity index (χ3v) is 4.67. The van der Waals surface area contributed by atoms with Crippen molar-refractivity contribution in [3.63, 3.8) is 0 Å². The van der Waals surface area contributed by atoms with Crippen LogP contribution in [-0.2, 0) is 0 Å². The van der Waals surface area contributed by atoms with E-state index < -0.39 is 0 Å². The third kappa shape index (κ3) is 2.50. The van der Waals surface area contributed by atoms with Crippen molar-refractivity contribution in [3.8, 4) is 0 Å². The van der Waals surface area contributed by atoms with Crippen LogP contribution in [0.2, 0.25) is 0 Å². The normalized spacial score (nSPS) is 35.1. The monoisotopic (exact) mass is 241 g/mol. The first-order valence-corrected chi connectivity index (χ1v) is 7.08. The molecule has 2 aliphatic heterocycles. The summed E-state index contributed by atoms with van der Waals surface area (Å²) in [7, 11) is 0. The molecular weight excluding hydrogens is 214 g/mol. The highest BCUT2D eigenvalue weighted by Crippen LogP contribution is 2.36. The van der Waals surface area contributed by atoms with Crippen molar-refractivity contribution in [1.82, 2.24) is 10.2 Å². The standard InChI is InChI=1S/C13H27N3O/c1-2-11(5-9-17)15-13(10-14)6-8-16-7-3-4-12(13)16/h11-12,15,17H,2-10,14H2,1H3. The molecule has 100 valence electrons. The van der Waals surface area contributed by atoms with E-state index in [2.05, 4.69) is 17.1 Å². The number of nitrogens with one attached hydrogen (secondary N) is 1. The lowest BCUT2D eigenvalue weighted by Crippen LogP contribution is -2.60. The molecule has 0 spiro atoms. The van der Waals surface area contributed by atoms with Gasteiger partial charge in [0.05, 0.1) is 0 Å². The Balaban J connectivity index is 2.03. The smallest absolute Gasteiger partial charge is 0.0475 e. The lowest BCUT2D eigenvalue weighted by Gasteiger charge is -2.38. The van der Waals surface area contributed by atoms with Crippen LogP contribution in [0.1, 0.15) is 39.0 Å². The van der Waals surface area contributed by atoms with Gasteiger partial charge in [-0.25, -0.2) is 0 Å². The van der Waals surface area contributed by atoms with Crippen LogP contribution in [0, 0.1) is 0 Å². The minimum Gasteiger partial charge on any atom is -0.396 e. The predicted octanol–water partition coefficient (Wildman–Crippen LogP) is 0.303. The highest BCUT2D eigenvalue weighted by molar-refractivity contribution is 5.09. The van der Waals surface area contributed by atoms with Gasteiger partial charge in [-0.1, -0.05) is 6.92 Å². The van der Waals surface area contributed by atoms with Gasteiger partial charge in [0.25, 0.3) is 0 Å². The fourth-order valence-electron chi connectivity index (χ4n) is 3.64. The second kappa shape index (κ2) is 5.65. The lowest BCUT2D eigenvalue weighted by molar-refractivity contribution is 0.188. The average molecular weight is 241 g/mol. The molecule has 2 aliphatic rings. The summed E-state index contributed by atoms with van der Waals surface area (Å²) in [6.07, 6.45) is 5.65. The van der Waals surface area contributed by atoms with Crippen LogP contribution in [0.15, 0.2) is 0 Å². The van der Waals surface area contributed by atoms with Crippen LogP contribution >= 0.6 is 0 Å². The fourth-order valence-corrected chi connectivity index (χ4v) is 3.64. The van der Waals surface area contributed by atoms with Crippen LogP contribution in [0.4, 0.5) is 0 Å². The molecule has 2 heterocycles. The van der Waals surface area contributed by atoms with Gasteiger partial charge in [0.15, 0.2) is 0 Å². The van der Waals surface area contributed by atoms with E-state index >= 15 is 0 Å². The molecular formula is C13H27N3O. The average Bonchev–Trinajstić information content (AvgIpc) is 2.92. The number of aliphatic hydroxyl groups excluding tert-OH is 1. The van der Waals surface area contributed by atoms with Gasteiger partial charge in [0.2, 0.25) is 0 Å². The molecule has 2 rings (SSSR count). The maximum Gasteiger partial charge on any atom is 0.0475 e. The number of fused-ring (bicyclic) bond motifs is 1. The Bertz CT molecular complexity index is 249. The van der Waals surface area contributed by atoms with Gasteiger partial charge in [-0.3, -0.25) is 4.90 Å². The number of hydrogen-bond acceptors (Lipinski definition) is 4. The van der Waals surface area contributed by atoms with Crippen molar-refractivity contribution in [2.45, 2.75) is 56.7 Å². The summed E-state index contributed by atoms with van der Waals surface area (Å²) >= 11 is 0. The largest absolute Gasteiger partial charge is 0.396 e. The van der Waals surface area contributed by atoms with Crippen LogP contribution < -0.4 is 11.1 Å². The van der Waals surface area contributed by atoms with Gasteiger partial charge in [-0.05, 0) is 38.6 Å². The zero-order valence-corrected chi connectivity index (χ0v) is 11.0. The maximum absolute atomic E-state index is 9.10. The van der Waals surface area contributed by atoms with Gasteiger partial charge in [-0.15, -0.1) is 0 Å². The number of hydrogen-bond donors (Lipinski definition) is 3. The zero-order chi connectivity index (χ0) is 12.3. The molecule has 0 saturated carbocycles. The number of aliphatic hydroxyl groups is 1. The molecule has 4 N–H and O–H groups in total. The lowest BCUT2D eigenvalue weighted by atomic mass is 9.87. The second-order valence-corrected chi connectivity index (χ2v) is 5.57. The first-order chi connectivity index (χ1) is 8.25. The van der Waals surface area contributed by atoms with Crippen LogP contribution in [0.5, 0.6) is 0 Å². The van der Waals surface area contributed by atoms with E-state index in [1.165, 1.54) is 25.9 Å². The van der Waals surface area contributed by atoms with Gasteiger partial charge in [0, 0.05) is 37.3 Å².